The number of hydrogen-bond donors (Lipinski definition) is 1. The Labute approximate surface area is 225 Å². The SMILES string of the molecule is COc1cccc(N2C(=O)[C@@H]3[C@@H](CC(C)C)N[C@]4(c5ccccc5-n5c4nc4ccccc4c5=O)[C@H]3C2=O)c1. The maximum Gasteiger partial charge on any atom is 0.266 e. The van der Waals surface area contributed by atoms with Gasteiger partial charge in [-0.25, -0.2) is 9.88 Å². The van der Waals surface area contributed by atoms with Gasteiger partial charge in [0.15, 0.2) is 0 Å². The van der Waals surface area contributed by atoms with Crippen molar-refractivity contribution in [2.75, 3.05) is 12.0 Å². The Morgan fingerprint density at radius 1 is 0.974 bits per heavy atom. The van der Waals surface area contributed by atoms with Crippen LogP contribution in [0.25, 0.3) is 16.6 Å². The van der Waals surface area contributed by atoms with E-state index in [0.717, 1.165) is 5.56 Å². The monoisotopic (exact) mass is 520 g/mol. The van der Waals surface area contributed by atoms with Crippen LogP contribution in [0, 0.1) is 17.8 Å². The summed E-state index contributed by atoms with van der Waals surface area (Å²) in [5, 5.41) is 4.25. The third-order valence-electron chi connectivity index (χ3n) is 8.40. The first kappa shape index (κ1) is 23.8. The van der Waals surface area contributed by atoms with Gasteiger partial charge in [-0.3, -0.25) is 24.3 Å². The zero-order valence-corrected chi connectivity index (χ0v) is 21.9. The molecule has 3 aliphatic heterocycles. The lowest BCUT2D eigenvalue weighted by molar-refractivity contribution is -0.123. The van der Waals surface area contributed by atoms with E-state index in [1.165, 1.54) is 4.90 Å². The minimum absolute atomic E-state index is 0.188. The van der Waals surface area contributed by atoms with Crippen molar-refractivity contribution >= 4 is 28.4 Å². The molecule has 3 aromatic carbocycles. The van der Waals surface area contributed by atoms with E-state index < -0.39 is 17.4 Å². The minimum atomic E-state index is -1.13. The Balaban J connectivity index is 1.51. The number of imide groups is 1. The van der Waals surface area contributed by atoms with Crippen molar-refractivity contribution in [3.63, 3.8) is 0 Å². The third kappa shape index (κ3) is 3.09. The van der Waals surface area contributed by atoms with Gasteiger partial charge in [-0.05, 0) is 42.7 Å². The molecule has 196 valence electrons. The van der Waals surface area contributed by atoms with E-state index in [1.807, 2.05) is 42.5 Å². The number of carbonyl (C=O) groups is 2. The molecule has 1 aromatic heterocycles. The van der Waals surface area contributed by atoms with Crippen LogP contribution in [0.5, 0.6) is 5.75 Å². The molecule has 0 aliphatic carbocycles. The minimum Gasteiger partial charge on any atom is -0.497 e. The summed E-state index contributed by atoms with van der Waals surface area (Å²) in [7, 11) is 1.55. The molecule has 1 spiro atoms. The number of ether oxygens (including phenoxy) is 1. The van der Waals surface area contributed by atoms with Crippen LogP contribution in [0.2, 0.25) is 0 Å². The largest absolute Gasteiger partial charge is 0.497 e. The fraction of sp³-hybridized carbons (Fsp3) is 0.290. The zero-order chi connectivity index (χ0) is 27.1. The van der Waals surface area contributed by atoms with Crippen molar-refractivity contribution in [1.29, 1.82) is 0 Å². The van der Waals surface area contributed by atoms with E-state index in [9.17, 15) is 14.4 Å². The molecule has 0 bridgehead atoms. The van der Waals surface area contributed by atoms with Crippen molar-refractivity contribution in [2.45, 2.75) is 31.8 Å². The van der Waals surface area contributed by atoms with Gasteiger partial charge in [0, 0.05) is 17.7 Å². The molecule has 2 fully saturated rings. The lowest BCUT2D eigenvalue weighted by atomic mass is 9.75. The van der Waals surface area contributed by atoms with Crippen molar-refractivity contribution < 1.29 is 14.3 Å². The summed E-state index contributed by atoms with van der Waals surface area (Å²) in [5.74, 6) is -0.641. The summed E-state index contributed by atoms with van der Waals surface area (Å²) in [5.41, 5.74) is 1.20. The molecule has 7 rings (SSSR count). The molecule has 3 aliphatic rings. The van der Waals surface area contributed by atoms with Crippen LogP contribution >= 0.6 is 0 Å². The van der Waals surface area contributed by atoms with Gasteiger partial charge in [0.25, 0.3) is 5.56 Å². The van der Waals surface area contributed by atoms with Gasteiger partial charge in [-0.15, -0.1) is 0 Å². The van der Waals surface area contributed by atoms with Crippen LogP contribution in [0.1, 0.15) is 31.7 Å². The van der Waals surface area contributed by atoms with E-state index in [2.05, 4.69) is 19.2 Å². The highest BCUT2D eigenvalue weighted by Gasteiger charge is 2.69. The number of amides is 2. The topological polar surface area (TPSA) is 93.5 Å². The second-order valence-electron chi connectivity index (χ2n) is 11.0. The zero-order valence-electron chi connectivity index (χ0n) is 21.9. The average Bonchev–Trinajstić information content (AvgIpc) is 3.51. The second kappa shape index (κ2) is 8.35. The molecule has 0 radical (unpaired) electrons. The van der Waals surface area contributed by atoms with Crippen LogP contribution in [0.4, 0.5) is 5.69 Å². The van der Waals surface area contributed by atoms with Crippen LogP contribution in [-0.4, -0.2) is 34.5 Å². The first-order valence-electron chi connectivity index (χ1n) is 13.3. The molecular formula is C31H28N4O4. The molecule has 39 heavy (non-hydrogen) atoms. The first-order valence-corrected chi connectivity index (χ1v) is 13.3. The number of nitrogens with one attached hydrogen (secondary N) is 1. The summed E-state index contributed by atoms with van der Waals surface area (Å²) in [6.45, 7) is 4.21. The number of rotatable bonds is 4. The number of methoxy groups -OCH3 is 1. The number of para-hydroxylation sites is 2. The lowest BCUT2D eigenvalue weighted by Gasteiger charge is -2.32. The standard InChI is InChI=1S/C31H28N4O4/c1-17(2)15-23-25-26(29(38)34(28(25)37)18-9-8-10-19(16-18)39-3)31(33-23)21-12-5-7-14-24(21)35-27(36)20-11-4-6-13-22(20)32-30(31)35/h4-14,16-17,23,25-26,33H,15H2,1-3H3/t23-,25-,26-,31-/m1/s1. The molecule has 2 saturated heterocycles. The Bertz CT molecular complexity index is 1740. The quantitative estimate of drug-likeness (QED) is 0.412. The number of benzene rings is 3. The summed E-state index contributed by atoms with van der Waals surface area (Å²) in [4.78, 5) is 48.9. The van der Waals surface area contributed by atoms with Crippen LogP contribution in [-0.2, 0) is 15.1 Å². The van der Waals surface area contributed by atoms with Gasteiger partial charge in [0.1, 0.15) is 17.1 Å². The molecular weight excluding hydrogens is 492 g/mol. The van der Waals surface area contributed by atoms with Gasteiger partial charge in [0.05, 0.1) is 41.2 Å². The van der Waals surface area contributed by atoms with E-state index >= 15 is 0 Å². The molecule has 1 N–H and O–H groups in total. The second-order valence-corrected chi connectivity index (χ2v) is 11.0. The Hall–Kier alpha value is -4.30. The number of fused-ring (bicyclic) bond motifs is 8. The maximum atomic E-state index is 14.5. The summed E-state index contributed by atoms with van der Waals surface area (Å²) >= 11 is 0. The molecule has 4 aromatic rings. The fourth-order valence-corrected chi connectivity index (χ4v) is 6.93. The van der Waals surface area contributed by atoms with E-state index in [-0.39, 0.29) is 29.3 Å². The highest BCUT2D eigenvalue weighted by atomic mass is 16.5. The Morgan fingerprint density at radius 3 is 2.54 bits per heavy atom. The number of nitrogens with zero attached hydrogens (tertiary/aromatic N) is 3. The van der Waals surface area contributed by atoms with E-state index in [0.29, 0.717) is 40.3 Å². The van der Waals surface area contributed by atoms with E-state index in [4.69, 9.17) is 9.72 Å². The smallest absolute Gasteiger partial charge is 0.266 e. The number of aromatic nitrogens is 2. The van der Waals surface area contributed by atoms with Gasteiger partial charge >= 0.3 is 0 Å². The van der Waals surface area contributed by atoms with Crippen molar-refractivity contribution in [2.24, 2.45) is 17.8 Å². The predicted molar refractivity (Wildman–Crippen MR) is 147 cm³/mol. The van der Waals surface area contributed by atoms with Gasteiger partial charge < -0.3 is 4.74 Å². The summed E-state index contributed by atoms with van der Waals surface area (Å²) in [6.07, 6.45) is 0.688. The van der Waals surface area contributed by atoms with Crippen LogP contribution < -0.4 is 20.5 Å². The molecule has 0 unspecified atom stereocenters. The van der Waals surface area contributed by atoms with Crippen molar-refractivity contribution in [1.82, 2.24) is 14.9 Å². The molecule has 0 saturated carbocycles. The normalized spacial score (nSPS) is 25.0. The molecule has 8 heteroatoms. The number of hydrogen-bond acceptors (Lipinski definition) is 6. The van der Waals surface area contributed by atoms with Gasteiger partial charge in [-0.2, -0.15) is 0 Å². The van der Waals surface area contributed by atoms with E-state index in [1.54, 1.807) is 42.0 Å². The first-order chi connectivity index (χ1) is 18.9. The summed E-state index contributed by atoms with van der Waals surface area (Å²) < 4.78 is 7.01. The predicted octanol–water partition coefficient (Wildman–Crippen LogP) is 3.78. The van der Waals surface area contributed by atoms with Gasteiger partial charge in [-0.1, -0.05) is 50.2 Å². The number of carbonyl (C=O) groups excluding carboxylic acids is 2. The molecule has 2 amide bonds. The summed E-state index contributed by atoms with van der Waals surface area (Å²) in [6, 6.07) is 21.6. The van der Waals surface area contributed by atoms with Crippen molar-refractivity contribution in [3.8, 4) is 11.4 Å². The molecule has 8 nitrogen and oxygen atoms in total. The van der Waals surface area contributed by atoms with Gasteiger partial charge in [0.2, 0.25) is 11.8 Å². The molecule has 4 heterocycles. The number of anilines is 1. The Morgan fingerprint density at radius 2 is 1.74 bits per heavy atom. The van der Waals surface area contributed by atoms with Crippen LogP contribution in [0.3, 0.4) is 0 Å². The van der Waals surface area contributed by atoms with Crippen molar-refractivity contribution in [3.05, 3.63) is 94.5 Å². The lowest BCUT2D eigenvalue weighted by Crippen LogP contribution is -2.50. The third-order valence-corrected chi connectivity index (χ3v) is 8.40. The highest BCUT2D eigenvalue weighted by Crippen LogP contribution is 2.56. The Kier molecular flexibility index (Phi) is 5.09. The molecule has 4 atom stereocenters. The maximum absolute atomic E-state index is 14.5. The fourth-order valence-electron chi connectivity index (χ4n) is 6.93. The average molecular weight is 521 g/mol. The highest BCUT2D eigenvalue weighted by molar-refractivity contribution is 6.23. The van der Waals surface area contributed by atoms with Crippen LogP contribution in [0.15, 0.2) is 77.6 Å².